The SMILES string of the molecule is CCC(CC)(C(=O)Nc1cnn(CC(N)=O)c1)c1ccc(Cl)cc1. The zero-order chi connectivity index (χ0) is 17.7. The second-order valence-corrected chi connectivity index (χ2v) is 6.08. The van der Waals surface area contributed by atoms with Gasteiger partial charge in [0.2, 0.25) is 11.8 Å². The standard InChI is InChI=1S/C17H21ClN4O2/c1-3-17(4-2,12-5-7-13(18)8-6-12)16(24)21-14-9-20-22(10-14)11-15(19)23/h5-10H,3-4,11H2,1-2H3,(H2,19,23)(H,21,24). The van der Waals surface area contributed by atoms with Gasteiger partial charge in [-0.25, -0.2) is 0 Å². The number of hydrogen-bond acceptors (Lipinski definition) is 3. The summed E-state index contributed by atoms with van der Waals surface area (Å²) in [5.41, 5.74) is 5.93. The number of nitrogens with one attached hydrogen (secondary N) is 1. The number of amides is 2. The lowest BCUT2D eigenvalue weighted by Gasteiger charge is -2.30. The molecule has 1 aromatic heterocycles. The molecule has 0 saturated heterocycles. The van der Waals surface area contributed by atoms with E-state index >= 15 is 0 Å². The molecule has 2 amide bonds. The fourth-order valence-corrected chi connectivity index (χ4v) is 2.93. The summed E-state index contributed by atoms with van der Waals surface area (Å²) < 4.78 is 1.39. The summed E-state index contributed by atoms with van der Waals surface area (Å²) in [5, 5.41) is 7.53. The van der Waals surface area contributed by atoms with E-state index in [0.717, 1.165) is 5.56 Å². The van der Waals surface area contributed by atoms with Crippen LogP contribution in [0, 0.1) is 0 Å². The fourth-order valence-electron chi connectivity index (χ4n) is 2.80. The molecule has 0 unspecified atom stereocenters. The first-order chi connectivity index (χ1) is 11.4. The van der Waals surface area contributed by atoms with Crippen molar-refractivity contribution in [2.24, 2.45) is 5.73 Å². The van der Waals surface area contributed by atoms with Crippen LogP contribution in [-0.2, 0) is 21.5 Å². The second-order valence-electron chi connectivity index (χ2n) is 5.64. The molecule has 0 atom stereocenters. The predicted molar refractivity (Wildman–Crippen MR) is 93.8 cm³/mol. The van der Waals surface area contributed by atoms with Gasteiger partial charge in [0.15, 0.2) is 0 Å². The highest BCUT2D eigenvalue weighted by Gasteiger charge is 2.36. The van der Waals surface area contributed by atoms with Crippen molar-refractivity contribution in [1.82, 2.24) is 9.78 Å². The van der Waals surface area contributed by atoms with E-state index in [-0.39, 0.29) is 12.5 Å². The number of primary amides is 1. The maximum absolute atomic E-state index is 12.9. The number of hydrogen-bond donors (Lipinski definition) is 2. The minimum absolute atomic E-state index is 0.0280. The summed E-state index contributed by atoms with van der Waals surface area (Å²) >= 11 is 5.95. The first kappa shape index (κ1) is 18.0. The lowest BCUT2D eigenvalue weighted by Crippen LogP contribution is -2.39. The number of nitrogens with zero attached hydrogens (tertiary/aromatic N) is 2. The third kappa shape index (κ3) is 3.76. The summed E-state index contributed by atoms with van der Waals surface area (Å²) in [6, 6.07) is 7.33. The molecule has 0 fully saturated rings. The molecule has 1 heterocycles. The first-order valence-electron chi connectivity index (χ1n) is 7.79. The van der Waals surface area contributed by atoms with E-state index in [0.29, 0.717) is 23.6 Å². The molecule has 2 aromatic rings. The number of halogens is 1. The summed E-state index contributed by atoms with van der Waals surface area (Å²) in [6.45, 7) is 3.93. The molecular formula is C17H21ClN4O2. The van der Waals surface area contributed by atoms with E-state index in [1.54, 1.807) is 18.3 Å². The summed E-state index contributed by atoms with van der Waals surface area (Å²) in [5.74, 6) is -0.609. The van der Waals surface area contributed by atoms with Gasteiger partial charge in [0.1, 0.15) is 6.54 Å². The van der Waals surface area contributed by atoms with E-state index in [1.165, 1.54) is 10.9 Å². The second kappa shape index (κ2) is 7.49. The van der Waals surface area contributed by atoms with Crippen LogP contribution in [0.15, 0.2) is 36.7 Å². The Bertz CT molecular complexity index is 720. The molecule has 0 aliphatic heterocycles. The monoisotopic (exact) mass is 348 g/mol. The van der Waals surface area contributed by atoms with Gasteiger partial charge in [-0.1, -0.05) is 37.6 Å². The van der Waals surface area contributed by atoms with Gasteiger partial charge in [0.05, 0.1) is 17.3 Å². The van der Waals surface area contributed by atoms with Crippen molar-refractivity contribution in [2.45, 2.75) is 38.6 Å². The van der Waals surface area contributed by atoms with Gasteiger partial charge in [-0.15, -0.1) is 0 Å². The maximum Gasteiger partial charge on any atom is 0.239 e. The van der Waals surface area contributed by atoms with Crippen LogP contribution in [0.2, 0.25) is 5.02 Å². The molecule has 6 nitrogen and oxygen atoms in total. The molecule has 0 aliphatic rings. The third-order valence-electron chi connectivity index (χ3n) is 4.25. The highest BCUT2D eigenvalue weighted by Crippen LogP contribution is 2.33. The molecular weight excluding hydrogens is 328 g/mol. The molecule has 24 heavy (non-hydrogen) atoms. The van der Waals surface area contributed by atoms with E-state index in [2.05, 4.69) is 10.4 Å². The van der Waals surface area contributed by atoms with Crippen LogP contribution < -0.4 is 11.1 Å². The van der Waals surface area contributed by atoms with Crippen LogP contribution in [0.1, 0.15) is 32.3 Å². The Hall–Kier alpha value is -2.34. The Kier molecular flexibility index (Phi) is 5.62. The van der Waals surface area contributed by atoms with Crippen molar-refractivity contribution in [3.8, 4) is 0 Å². The van der Waals surface area contributed by atoms with Gasteiger partial charge >= 0.3 is 0 Å². The van der Waals surface area contributed by atoms with Gasteiger partial charge in [-0.2, -0.15) is 5.10 Å². The molecule has 1 aromatic carbocycles. The maximum atomic E-state index is 12.9. The minimum atomic E-state index is -0.656. The number of rotatable bonds is 7. The van der Waals surface area contributed by atoms with Crippen molar-refractivity contribution in [2.75, 3.05) is 5.32 Å². The molecule has 0 spiro atoms. The van der Waals surface area contributed by atoms with E-state index in [1.807, 2.05) is 26.0 Å². The highest BCUT2D eigenvalue weighted by atomic mass is 35.5. The minimum Gasteiger partial charge on any atom is -0.368 e. The first-order valence-corrected chi connectivity index (χ1v) is 8.17. The Labute approximate surface area is 146 Å². The van der Waals surface area contributed by atoms with Crippen molar-refractivity contribution < 1.29 is 9.59 Å². The molecule has 7 heteroatoms. The number of carbonyl (C=O) groups excluding carboxylic acids is 2. The normalized spacial score (nSPS) is 11.3. The van der Waals surface area contributed by atoms with Gasteiger partial charge < -0.3 is 11.1 Å². The van der Waals surface area contributed by atoms with E-state index in [9.17, 15) is 9.59 Å². The topological polar surface area (TPSA) is 90.0 Å². The quantitative estimate of drug-likeness (QED) is 0.806. The summed E-state index contributed by atoms with van der Waals surface area (Å²) in [7, 11) is 0. The van der Waals surface area contributed by atoms with Crippen LogP contribution >= 0.6 is 11.6 Å². The average molecular weight is 349 g/mol. The molecule has 0 radical (unpaired) electrons. The molecule has 3 N–H and O–H groups in total. The van der Waals surface area contributed by atoms with Gasteiger partial charge in [-0.05, 0) is 30.5 Å². The molecule has 0 saturated carbocycles. The van der Waals surface area contributed by atoms with Gasteiger partial charge in [0, 0.05) is 11.2 Å². The Morgan fingerprint density at radius 2 is 1.88 bits per heavy atom. The average Bonchev–Trinajstić information content (AvgIpc) is 2.97. The number of nitrogens with two attached hydrogens (primary N) is 1. The number of benzene rings is 1. The molecule has 0 aliphatic carbocycles. The Balaban J connectivity index is 2.24. The smallest absolute Gasteiger partial charge is 0.239 e. The van der Waals surface area contributed by atoms with Gasteiger partial charge in [0.25, 0.3) is 0 Å². The van der Waals surface area contributed by atoms with Crippen LogP contribution in [0.3, 0.4) is 0 Å². The summed E-state index contributed by atoms with van der Waals surface area (Å²) in [6.07, 6.45) is 4.37. The van der Waals surface area contributed by atoms with Crippen molar-refractivity contribution in [3.63, 3.8) is 0 Å². The van der Waals surface area contributed by atoms with Crippen molar-refractivity contribution >= 4 is 29.1 Å². The van der Waals surface area contributed by atoms with Crippen LogP contribution in [0.5, 0.6) is 0 Å². The lowest BCUT2D eigenvalue weighted by molar-refractivity contribution is -0.122. The fraction of sp³-hybridized carbons (Fsp3) is 0.353. The Morgan fingerprint density at radius 3 is 2.42 bits per heavy atom. The molecule has 2 rings (SSSR count). The Morgan fingerprint density at radius 1 is 1.25 bits per heavy atom. The summed E-state index contributed by atoms with van der Waals surface area (Å²) in [4.78, 5) is 23.9. The van der Waals surface area contributed by atoms with Crippen molar-refractivity contribution in [1.29, 1.82) is 0 Å². The largest absolute Gasteiger partial charge is 0.368 e. The zero-order valence-electron chi connectivity index (χ0n) is 13.8. The number of aromatic nitrogens is 2. The number of anilines is 1. The van der Waals surface area contributed by atoms with E-state index in [4.69, 9.17) is 17.3 Å². The van der Waals surface area contributed by atoms with Crippen LogP contribution in [0.25, 0.3) is 0 Å². The van der Waals surface area contributed by atoms with Crippen molar-refractivity contribution in [3.05, 3.63) is 47.2 Å². The van der Waals surface area contributed by atoms with Gasteiger partial charge in [-0.3, -0.25) is 14.3 Å². The van der Waals surface area contributed by atoms with Crippen LogP contribution in [-0.4, -0.2) is 21.6 Å². The van der Waals surface area contributed by atoms with E-state index < -0.39 is 11.3 Å². The number of carbonyl (C=O) groups is 2. The van der Waals surface area contributed by atoms with Crippen LogP contribution in [0.4, 0.5) is 5.69 Å². The highest BCUT2D eigenvalue weighted by molar-refractivity contribution is 6.30. The lowest BCUT2D eigenvalue weighted by atomic mass is 9.75. The third-order valence-corrected chi connectivity index (χ3v) is 4.50. The zero-order valence-corrected chi connectivity index (χ0v) is 14.5. The molecule has 0 bridgehead atoms. The predicted octanol–water partition coefficient (Wildman–Crippen LogP) is 2.72. The molecule has 128 valence electrons.